The summed E-state index contributed by atoms with van der Waals surface area (Å²) in [7, 11) is 1.10. The molecule has 0 aromatic carbocycles. The van der Waals surface area contributed by atoms with Crippen molar-refractivity contribution in [2.75, 3.05) is 13.7 Å². The number of methoxy groups -OCH3 is 1. The molecule has 2 rings (SSSR count). The van der Waals surface area contributed by atoms with Gasteiger partial charge in [0.2, 0.25) is 6.29 Å². The van der Waals surface area contributed by atoms with Crippen molar-refractivity contribution in [2.24, 2.45) is 11.8 Å². The second-order valence-corrected chi connectivity index (χ2v) is 8.27. The molecule has 0 aliphatic carbocycles. The monoisotopic (exact) mass is 504 g/mol. The maximum atomic E-state index is 12.4. The molecule has 0 unspecified atom stereocenters. The van der Waals surface area contributed by atoms with Crippen LogP contribution in [0.1, 0.15) is 27.2 Å². The first kappa shape index (κ1) is 28.7. The van der Waals surface area contributed by atoms with Crippen molar-refractivity contribution < 1.29 is 63.6 Å². The average Bonchev–Trinajstić information content (AvgIpc) is 2.82. The van der Waals surface area contributed by atoms with Gasteiger partial charge in [0.25, 0.3) is 0 Å². The Labute approximate surface area is 201 Å². The number of carbonyl (C=O) groups excluding carboxylic acids is 2. The molecular weight excluding hydrogens is 472 g/mol. The number of hydrogen-bond acceptors (Lipinski definition) is 12. The van der Waals surface area contributed by atoms with Gasteiger partial charge in [-0.15, -0.1) is 0 Å². The number of allylic oxidation sites excluding steroid dienone is 1. The summed E-state index contributed by atoms with van der Waals surface area (Å²) in [5.74, 6) is -5.07. The van der Waals surface area contributed by atoms with Crippen LogP contribution < -0.4 is 0 Å². The van der Waals surface area contributed by atoms with Gasteiger partial charge in [0.1, 0.15) is 30.5 Å². The lowest BCUT2D eigenvalue weighted by molar-refractivity contribution is -0.344. The van der Waals surface area contributed by atoms with Crippen molar-refractivity contribution in [1.29, 1.82) is 0 Å². The van der Waals surface area contributed by atoms with E-state index in [1.165, 1.54) is 19.9 Å². The maximum absolute atomic E-state index is 12.4. The molecule has 2 heterocycles. The summed E-state index contributed by atoms with van der Waals surface area (Å²) < 4.78 is 26.8. The fraction of sp³-hybridized carbons (Fsp3) is 0.682. The molecule has 0 amide bonds. The smallest absolute Gasteiger partial charge is 0.337 e. The van der Waals surface area contributed by atoms with Gasteiger partial charge in [0.05, 0.1) is 37.9 Å². The van der Waals surface area contributed by atoms with E-state index < -0.39 is 85.9 Å². The zero-order valence-electron chi connectivity index (χ0n) is 19.8. The van der Waals surface area contributed by atoms with E-state index in [9.17, 15) is 39.9 Å². The fourth-order valence-corrected chi connectivity index (χ4v) is 3.91. The van der Waals surface area contributed by atoms with Gasteiger partial charge in [-0.1, -0.05) is 6.08 Å². The minimum absolute atomic E-state index is 0.140. The van der Waals surface area contributed by atoms with Crippen LogP contribution in [0.15, 0.2) is 23.5 Å². The van der Waals surface area contributed by atoms with E-state index in [1.807, 2.05) is 0 Å². The molecular formula is C22H32O13. The number of aliphatic hydroxyl groups excluding tert-OH is 4. The summed E-state index contributed by atoms with van der Waals surface area (Å²) in [5.41, 5.74) is 0.137. The zero-order valence-corrected chi connectivity index (χ0v) is 19.8. The number of carbonyl (C=O) groups is 3. The molecule has 0 saturated carbocycles. The van der Waals surface area contributed by atoms with Gasteiger partial charge in [0, 0.05) is 11.5 Å². The summed E-state index contributed by atoms with van der Waals surface area (Å²) in [4.78, 5) is 36.4. The second kappa shape index (κ2) is 12.4. The molecule has 0 spiro atoms. The largest absolute Gasteiger partial charge is 0.481 e. The normalized spacial score (nSPS) is 34.3. The van der Waals surface area contributed by atoms with E-state index in [0.717, 1.165) is 13.4 Å². The molecule has 0 radical (unpaired) electrons. The lowest BCUT2D eigenvalue weighted by atomic mass is 9.78. The molecule has 1 fully saturated rings. The van der Waals surface area contributed by atoms with E-state index in [2.05, 4.69) is 0 Å². The van der Waals surface area contributed by atoms with Crippen LogP contribution >= 0.6 is 0 Å². The highest BCUT2D eigenvalue weighted by atomic mass is 16.8. The molecule has 13 nitrogen and oxygen atoms in total. The summed E-state index contributed by atoms with van der Waals surface area (Å²) in [6.45, 7) is 3.89. The Kier molecular flexibility index (Phi) is 10.2. The predicted molar refractivity (Wildman–Crippen MR) is 114 cm³/mol. The van der Waals surface area contributed by atoms with Crippen molar-refractivity contribution in [3.8, 4) is 0 Å². The first-order valence-electron chi connectivity index (χ1n) is 10.9. The van der Waals surface area contributed by atoms with Crippen LogP contribution in [0.5, 0.6) is 0 Å². The number of esters is 2. The van der Waals surface area contributed by atoms with Gasteiger partial charge < -0.3 is 49.2 Å². The van der Waals surface area contributed by atoms with Crippen LogP contribution in [0.3, 0.4) is 0 Å². The van der Waals surface area contributed by atoms with Gasteiger partial charge in [0.15, 0.2) is 6.29 Å². The Bertz CT molecular complexity index is 835. The van der Waals surface area contributed by atoms with Crippen molar-refractivity contribution in [3.63, 3.8) is 0 Å². The van der Waals surface area contributed by atoms with Gasteiger partial charge in [-0.3, -0.25) is 4.79 Å². The topological polar surface area (TPSA) is 199 Å². The third kappa shape index (κ3) is 6.57. The van der Waals surface area contributed by atoms with E-state index in [-0.39, 0.29) is 11.1 Å². The molecule has 0 aromatic rings. The van der Waals surface area contributed by atoms with Crippen LogP contribution in [-0.4, -0.2) is 100 Å². The van der Waals surface area contributed by atoms with Gasteiger partial charge in [-0.25, -0.2) is 9.59 Å². The Morgan fingerprint density at radius 1 is 1.14 bits per heavy atom. The van der Waals surface area contributed by atoms with E-state index in [1.54, 1.807) is 6.92 Å². The van der Waals surface area contributed by atoms with Crippen molar-refractivity contribution in [2.45, 2.75) is 70.3 Å². The first-order chi connectivity index (χ1) is 16.5. The van der Waals surface area contributed by atoms with Crippen molar-refractivity contribution >= 4 is 17.9 Å². The molecule has 2 aliphatic rings. The third-order valence-electron chi connectivity index (χ3n) is 6.03. The van der Waals surface area contributed by atoms with Gasteiger partial charge in [-0.05, 0) is 20.8 Å². The molecule has 198 valence electrons. The van der Waals surface area contributed by atoms with Gasteiger partial charge >= 0.3 is 17.9 Å². The Morgan fingerprint density at radius 3 is 2.34 bits per heavy atom. The lowest BCUT2D eigenvalue weighted by Crippen LogP contribution is -2.60. The van der Waals surface area contributed by atoms with Gasteiger partial charge in [-0.2, -0.15) is 0 Å². The van der Waals surface area contributed by atoms with Crippen LogP contribution in [0.2, 0.25) is 0 Å². The van der Waals surface area contributed by atoms with E-state index in [4.69, 9.17) is 23.7 Å². The zero-order chi connectivity index (χ0) is 26.4. The first-order valence-corrected chi connectivity index (χ1v) is 10.9. The van der Waals surface area contributed by atoms with E-state index >= 15 is 0 Å². The highest BCUT2D eigenvalue weighted by Gasteiger charge is 2.50. The molecule has 1 saturated heterocycles. The van der Waals surface area contributed by atoms with Crippen LogP contribution in [-0.2, 0) is 38.1 Å². The average molecular weight is 504 g/mol. The molecule has 0 bridgehead atoms. The number of aliphatic carboxylic acids is 1. The van der Waals surface area contributed by atoms with Crippen LogP contribution in [0.4, 0.5) is 0 Å². The Hall–Kier alpha value is -2.55. The molecule has 5 N–H and O–H groups in total. The fourth-order valence-electron chi connectivity index (χ4n) is 3.91. The number of aliphatic hydroxyl groups is 4. The number of carboxylic acid groups (broad SMARTS) is 1. The van der Waals surface area contributed by atoms with Crippen LogP contribution in [0.25, 0.3) is 0 Å². The summed E-state index contributed by atoms with van der Waals surface area (Å²) in [6, 6.07) is 0. The summed E-state index contributed by atoms with van der Waals surface area (Å²) in [5, 5.41) is 49.3. The molecule has 13 heteroatoms. The highest BCUT2D eigenvalue weighted by molar-refractivity contribution is 5.90. The quantitative estimate of drug-likeness (QED) is 0.186. The molecule has 9 atom stereocenters. The minimum Gasteiger partial charge on any atom is -0.481 e. The second-order valence-electron chi connectivity index (χ2n) is 8.27. The summed E-state index contributed by atoms with van der Waals surface area (Å²) in [6.07, 6.45) is -8.69. The van der Waals surface area contributed by atoms with Crippen LogP contribution in [0, 0.1) is 11.8 Å². The molecule has 2 aliphatic heterocycles. The summed E-state index contributed by atoms with van der Waals surface area (Å²) >= 11 is 0. The minimum atomic E-state index is -1.77. The van der Waals surface area contributed by atoms with Crippen molar-refractivity contribution in [1.82, 2.24) is 0 Å². The molecule has 35 heavy (non-hydrogen) atoms. The SMILES string of the molecule is C/C=C(\C)C(=O)O[C@@H](C)[C@H]1[C@H](O[C@@H]2O[C@H](CO)[C@@H](O)[C@H](O)[C@H]2O)OC=C(C(=O)OC)[C@H]1CC(=O)O. The highest BCUT2D eigenvalue weighted by Crippen LogP contribution is 2.39. The third-order valence-corrected chi connectivity index (χ3v) is 6.03. The number of ether oxygens (including phenoxy) is 5. The Morgan fingerprint density at radius 2 is 1.80 bits per heavy atom. The standard InChI is InChI=1S/C22H32O13/c1-5-9(2)19(29)33-10(3)15-11(6-14(24)25)12(20(30)31-4)8-32-21(15)35-22-18(28)17(27)16(26)13(7-23)34-22/h5,8,10-11,13,15-18,21-23,26-28H,6-7H2,1-4H3,(H,24,25)/b9-5+/t10-,11+,13+,15+,16+,17-,18+,21-,22-/m0/s1. The maximum Gasteiger partial charge on any atom is 0.337 e. The predicted octanol–water partition coefficient (Wildman–Crippen LogP) is -1.18. The lowest BCUT2D eigenvalue weighted by Gasteiger charge is -2.44. The van der Waals surface area contributed by atoms with Crippen molar-refractivity contribution in [3.05, 3.63) is 23.5 Å². The number of rotatable bonds is 9. The molecule has 0 aromatic heterocycles. The van der Waals surface area contributed by atoms with E-state index in [0.29, 0.717) is 0 Å². The number of hydrogen-bond donors (Lipinski definition) is 5. The Balaban J connectivity index is 2.44. The number of carboxylic acids is 1.